The number of aliphatic hydroxyl groups is 2. The van der Waals surface area contributed by atoms with Crippen molar-refractivity contribution in [3.63, 3.8) is 0 Å². The van der Waals surface area contributed by atoms with E-state index >= 15 is 17.6 Å². The Morgan fingerprint density at radius 2 is 1.02 bits per heavy atom. The van der Waals surface area contributed by atoms with Crippen molar-refractivity contribution < 1.29 is 107 Å². The number of H-pyrrole nitrogens is 1. The number of aliphatic hydroxyl groups excluding tert-OH is 2. The Morgan fingerprint density at radius 3 is 1.54 bits per heavy atom. The third-order valence-electron chi connectivity index (χ3n) is 17.4. The van der Waals surface area contributed by atoms with E-state index in [0.717, 1.165) is 62.6 Å². The molecule has 14 heterocycles. The van der Waals surface area contributed by atoms with Gasteiger partial charge in [-0.25, -0.2) is 77.2 Å². The van der Waals surface area contributed by atoms with E-state index in [9.17, 15) is 39.0 Å². The molecule has 0 amide bonds. The van der Waals surface area contributed by atoms with Gasteiger partial charge in [0.2, 0.25) is 0 Å². The number of nitrogens with two attached hydrogens (primary N) is 4. The van der Waals surface area contributed by atoms with Gasteiger partial charge in [-0.05, 0) is 30.5 Å². The predicted octanol–water partition coefficient (Wildman–Crippen LogP) is -0.936. The molecule has 8 aromatic rings. The first-order valence-electron chi connectivity index (χ1n) is 30.8. The van der Waals surface area contributed by atoms with E-state index in [1.165, 1.54) is 18.0 Å². The van der Waals surface area contributed by atoms with Gasteiger partial charge >= 0.3 is 19.1 Å². The number of ether oxygens (including phenoxy) is 5. The zero-order valence-electron chi connectivity index (χ0n) is 53.2. The lowest BCUT2D eigenvalue weighted by molar-refractivity contribution is -0.216. The fourth-order valence-electron chi connectivity index (χ4n) is 12.4. The lowest BCUT2D eigenvalue weighted by atomic mass is 10.1. The number of nitrogens with zero attached hydrogens (tertiary/aromatic N) is 16. The molecule has 6 aliphatic heterocycles. The Bertz CT molecular complexity index is 4940. The number of nitrogens with one attached hydrogen (secondary N) is 2. The minimum Gasteiger partial charge on any atom is -0.780 e. The fraction of sp³-hybridized carbons (Fsp3) is 0.540. The lowest BCUT2D eigenvalue weighted by Gasteiger charge is -2.35. The summed E-state index contributed by atoms with van der Waals surface area (Å²) in [6, 6.07) is 0. The first kappa shape index (κ1) is 75.5. The van der Waals surface area contributed by atoms with Crippen LogP contribution in [-0.4, -0.2) is 230 Å². The summed E-state index contributed by atoms with van der Waals surface area (Å²) in [5, 5.41) is 24.1. The molecule has 23 atom stereocenters. The van der Waals surface area contributed by atoms with Crippen molar-refractivity contribution in [3.05, 3.63) is 76.9 Å². The van der Waals surface area contributed by atoms with Crippen LogP contribution in [-0.2, 0) is 112 Å². The molecule has 14 rings (SSSR count). The van der Waals surface area contributed by atoms with Gasteiger partial charge in [-0.15, -0.1) is 0 Å². The van der Waals surface area contributed by atoms with E-state index in [2.05, 4.69) is 65.1 Å². The van der Waals surface area contributed by atoms with Gasteiger partial charge in [-0.1, -0.05) is 11.8 Å². The number of hydrogen-bond donors (Lipinski definition) is 10. The Morgan fingerprint density at radius 1 is 0.590 bits per heavy atom. The number of hydrogen-bond acceptors (Lipinski definition) is 40. The van der Waals surface area contributed by atoms with Crippen molar-refractivity contribution >= 4 is 143 Å². The minimum absolute atomic E-state index is 0.00112. The van der Waals surface area contributed by atoms with Gasteiger partial charge in [0.15, 0.2) is 102 Å². The molecule has 55 heteroatoms. The average molecular weight is 1630 g/mol. The highest BCUT2D eigenvalue weighted by Gasteiger charge is 2.56. The number of aryl methyl sites for hydroxylation is 1. The molecule has 5 saturated heterocycles. The van der Waals surface area contributed by atoms with E-state index in [0.29, 0.717) is 0 Å². The standard InChI is InChI=1S/C50H60F4N22O21P4S4/c1-17-3-72(50(80)71-45(17)79)24-2-18(78)20(89-24)5-85-98(81,102)95-34-22(92-47(26(34)52)74-14-68-30-38(56)60-10-64-42(30)74)7-87-100(83,104)97-36-23(93-49(28(36)54)76-16-70-32-40(58)62-12-66-44(32)76)8-88-101(84,105)96-35-21(91-48(27(35)53)75-15-69-31-39(57)61-11-65-43(31)75)6-86-99(82,103)94-33-19(4-77)90-46(25(33)51)73-13-67-29-37(55)59-9-63-41(29)73/h3,9-14,16,18-28,33-36,46-49,69,77-78H,2,4-8,15H2,1H3,(H,81,102)(H,82,103)(H,83,104)(H,84,105)(H2,55,59,63)(H2,56,60,64)(H2,57,61,65)(H2,58,62,66)(H,71,79,80)/p-2/t18-,19+,20+,21+,22+,23+,24+,25+,26+,27+,28+,33?,34+,35+,36?,46+,47+,48+,49+,98?,99?,100?,101?/m0/s1. The summed E-state index contributed by atoms with van der Waals surface area (Å²) >= 11 is 21.3. The van der Waals surface area contributed by atoms with Crippen molar-refractivity contribution in [2.75, 3.05) is 72.9 Å². The molecule has 8 aromatic heterocycles. The molecule has 0 aromatic carbocycles. The Hall–Kier alpha value is -6.26. The number of rotatable bonds is 26. The van der Waals surface area contributed by atoms with Crippen molar-refractivity contribution in [1.29, 1.82) is 0 Å². The van der Waals surface area contributed by atoms with Gasteiger partial charge in [0.25, 0.3) is 5.56 Å². The number of anilines is 6. The van der Waals surface area contributed by atoms with Gasteiger partial charge in [-0.3, -0.25) is 41.7 Å². The van der Waals surface area contributed by atoms with E-state index < -0.39 is 188 Å². The number of aromatic nitrogens is 16. The van der Waals surface area contributed by atoms with Crippen LogP contribution in [0.25, 0.3) is 33.5 Å². The molecular weight excluding hydrogens is 1570 g/mol. The van der Waals surface area contributed by atoms with Crippen molar-refractivity contribution in [2.24, 2.45) is 0 Å². The van der Waals surface area contributed by atoms with Crippen molar-refractivity contribution in [3.8, 4) is 0 Å². The van der Waals surface area contributed by atoms with E-state index in [1.54, 1.807) is 0 Å². The van der Waals surface area contributed by atoms with Crippen LogP contribution in [0.5, 0.6) is 0 Å². The second-order valence-corrected chi connectivity index (χ2v) is 34.9. The van der Waals surface area contributed by atoms with Crippen LogP contribution in [0.4, 0.5) is 52.3 Å². The van der Waals surface area contributed by atoms with Gasteiger partial charge in [0.05, 0.1) is 64.8 Å². The van der Waals surface area contributed by atoms with Crippen LogP contribution >= 0.6 is 27.0 Å². The van der Waals surface area contributed by atoms with E-state index in [1.807, 2.05) is 0 Å². The highest BCUT2D eigenvalue weighted by Crippen LogP contribution is 2.56. The Labute approximate surface area is 604 Å². The fourth-order valence-corrected chi connectivity index (χ4v) is 18.1. The molecule has 0 aliphatic carbocycles. The van der Waals surface area contributed by atoms with Crippen molar-refractivity contribution in [1.82, 2.24) is 78.1 Å². The topological polar surface area (TPSA) is 572 Å². The normalized spacial score (nSPS) is 32.1. The summed E-state index contributed by atoms with van der Waals surface area (Å²) in [6.07, 6.45) is -27.1. The van der Waals surface area contributed by atoms with Gasteiger partial charge in [-0.2, -0.15) is 0 Å². The summed E-state index contributed by atoms with van der Waals surface area (Å²) in [7, 11) is 0. The molecule has 6 aliphatic rings. The maximum Gasteiger partial charge on any atom is 0.330 e. The Balaban J connectivity index is 0.690. The lowest BCUT2D eigenvalue weighted by Crippen LogP contribution is -2.42. The number of imidazole rings is 3. The average Bonchev–Trinajstić information content (AvgIpc) is 1.63. The Kier molecular flexibility index (Phi) is 21.3. The number of fused-ring (bicyclic) bond motifs is 4. The molecule has 43 nitrogen and oxygen atoms in total. The van der Waals surface area contributed by atoms with Crippen LogP contribution in [0.2, 0.25) is 0 Å². The van der Waals surface area contributed by atoms with Crippen LogP contribution in [0.1, 0.15) is 36.9 Å². The molecule has 0 spiro atoms. The van der Waals surface area contributed by atoms with E-state index in [4.69, 9.17) is 130 Å². The maximum absolute atomic E-state index is 17.5. The second-order valence-electron chi connectivity index (χ2n) is 23.9. The SMILES string of the molecule is Cc1cn([C@H]2C[C@H](O)[C@@H](COP(O)(=S)O[C@H]3[C@@H](F)[C@H](n4cnc5c(N)ncnc54)O[C@@H]3COP([O-])(=S)OC3[C@@H](F)[C@H](n4cnc5c(N)ncnc54)O[C@@H]3COP(=O)([S-])O[C@H]3[C@@H](F)[C@H](N4CNc5c(N)ncnc54)O[C@@H]3COP(O)(=S)OC3[C@@H](F)[C@H](n4cnc5c(N)ncnc54)O[C@@H]3CO)O2)c(=O)[nH]c1=O. The van der Waals surface area contributed by atoms with Gasteiger partial charge < -0.3 is 121 Å². The smallest absolute Gasteiger partial charge is 0.330 e. The summed E-state index contributed by atoms with van der Waals surface area (Å²) in [5.74, 6) is -0.328. The zero-order chi connectivity index (χ0) is 74.5. The summed E-state index contributed by atoms with van der Waals surface area (Å²) in [4.78, 5) is 110. The summed E-state index contributed by atoms with van der Waals surface area (Å²) in [5.41, 5.74) is 22.8. The first-order chi connectivity index (χ1) is 49.9. The molecule has 0 saturated carbocycles. The third kappa shape index (κ3) is 15.1. The summed E-state index contributed by atoms with van der Waals surface area (Å²) < 4.78 is 163. The highest BCUT2D eigenvalue weighted by atomic mass is 32.7. The van der Waals surface area contributed by atoms with Gasteiger partial charge in [0, 0.05) is 18.2 Å². The molecule has 568 valence electrons. The molecule has 5 fully saturated rings. The molecule has 0 bridgehead atoms. The second kappa shape index (κ2) is 29.6. The maximum atomic E-state index is 17.5. The number of halogens is 4. The molecule has 6 unspecified atom stereocenters. The monoisotopic (exact) mass is 1630 g/mol. The largest absolute Gasteiger partial charge is 0.780 e. The van der Waals surface area contributed by atoms with Crippen LogP contribution in [0, 0.1) is 6.92 Å². The number of aromatic amines is 1. The molecular formula is C50H58F4N22O21P4S4-2. The van der Waals surface area contributed by atoms with Crippen LogP contribution < -0.4 is 49.3 Å². The molecule has 0 radical (unpaired) electrons. The molecule has 105 heavy (non-hydrogen) atoms. The van der Waals surface area contributed by atoms with E-state index in [-0.39, 0.29) is 86.9 Å². The quantitative estimate of drug-likeness (QED) is 0.0178. The number of alkyl halides is 4. The predicted molar refractivity (Wildman–Crippen MR) is 360 cm³/mol. The third-order valence-corrected chi connectivity index (χ3v) is 23.6. The highest BCUT2D eigenvalue weighted by molar-refractivity contribution is 8.32. The number of nitrogen functional groups attached to an aromatic ring is 4. The molecule has 14 N–H and O–H groups in total. The van der Waals surface area contributed by atoms with Gasteiger partial charge in [0.1, 0.15) is 115 Å². The summed E-state index contributed by atoms with van der Waals surface area (Å²) in [6.45, 7) is -23.5. The zero-order valence-corrected chi connectivity index (χ0v) is 60.0. The van der Waals surface area contributed by atoms with Crippen molar-refractivity contribution in [2.45, 2.75) is 130 Å². The van der Waals surface area contributed by atoms with Crippen LogP contribution in [0.3, 0.4) is 0 Å². The minimum atomic E-state index is -5.24. The first-order valence-corrected chi connectivity index (χ1v) is 41.1. The van der Waals surface area contributed by atoms with Crippen LogP contribution in [0.15, 0.2) is 60.1 Å².